The summed E-state index contributed by atoms with van der Waals surface area (Å²) in [6.07, 6.45) is -2.58. The number of carbonyl (C=O) groups excluding carboxylic acids is 6. The second-order valence-corrected chi connectivity index (χ2v) is 10.9. The average molecular weight is 638 g/mol. The molecule has 0 spiro atoms. The van der Waals surface area contributed by atoms with Gasteiger partial charge in [0.05, 0.1) is 16.7 Å². The molecule has 5 aromatic carbocycles. The first kappa shape index (κ1) is 31.5. The Labute approximate surface area is 275 Å². The molecule has 0 aliphatic carbocycles. The monoisotopic (exact) mass is 637 g/mol. The minimum Gasteiger partial charge on any atom is -0.448 e. The van der Waals surface area contributed by atoms with Gasteiger partial charge in [-0.15, -0.1) is 0 Å². The molecule has 2 amide bonds. The number of Topliss-reactive ketones (excluding diaryl/α,β-unsaturated/α-hetero) is 2. The molecule has 0 fully saturated rings. The van der Waals surface area contributed by atoms with Gasteiger partial charge in [0, 0.05) is 22.3 Å². The van der Waals surface area contributed by atoms with E-state index in [-0.39, 0.29) is 16.7 Å². The van der Waals surface area contributed by atoms with Crippen molar-refractivity contribution in [3.8, 4) is 0 Å². The lowest BCUT2D eigenvalue weighted by molar-refractivity contribution is -0.147. The van der Waals surface area contributed by atoms with Crippen LogP contribution in [0.1, 0.15) is 75.1 Å². The normalized spacial score (nSPS) is 13.3. The van der Waals surface area contributed by atoms with Crippen LogP contribution in [-0.2, 0) is 14.3 Å². The van der Waals surface area contributed by atoms with E-state index in [9.17, 15) is 28.8 Å². The van der Waals surface area contributed by atoms with Crippen molar-refractivity contribution < 1.29 is 38.2 Å². The Hall–Kier alpha value is -6.48. The Balaban J connectivity index is 1.19. The number of fused-ring (bicyclic) bond motifs is 1. The van der Waals surface area contributed by atoms with Crippen molar-refractivity contribution in [2.45, 2.75) is 12.2 Å². The largest absolute Gasteiger partial charge is 0.448 e. The summed E-state index contributed by atoms with van der Waals surface area (Å²) in [4.78, 5) is 80.5. The van der Waals surface area contributed by atoms with Crippen molar-refractivity contribution in [2.24, 2.45) is 0 Å². The lowest BCUT2D eigenvalue weighted by Crippen LogP contribution is -2.36. The fourth-order valence-corrected chi connectivity index (χ4v) is 5.34. The molecule has 1 aliphatic heterocycles. The molecule has 1 heterocycles. The third-order valence-corrected chi connectivity index (χ3v) is 7.77. The standard InChI is InChI=1S/C39H27NO8/c41-32(47-35(27-17-9-3-10-18-27)33(42)25-13-5-1-6-14-25)24-40-37(44)30-22-21-29(23-31(30)38(40)45)39(46)48-36(28-19-11-4-12-20-28)34(43)26-15-7-2-8-16-26/h1-23,35-36H,24H2/t35-,36+/m1/s1. The number of benzene rings is 5. The van der Waals surface area contributed by atoms with Gasteiger partial charge in [0.1, 0.15) is 6.54 Å². The Morgan fingerprint density at radius 3 is 1.44 bits per heavy atom. The topological polar surface area (TPSA) is 124 Å². The SMILES string of the molecule is O=C(CN1C(=O)c2ccc(C(=O)O[C@H](C(=O)c3ccccc3)c3ccccc3)cc2C1=O)O[C@@H](C(=O)c1ccccc1)c1ccccc1. The van der Waals surface area contributed by atoms with Gasteiger partial charge in [-0.05, 0) is 18.2 Å². The van der Waals surface area contributed by atoms with Gasteiger partial charge < -0.3 is 9.47 Å². The smallest absolute Gasteiger partial charge is 0.339 e. The van der Waals surface area contributed by atoms with Gasteiger partial charge in [-0.3, -0.25) is 28.9 Å². The van der Waals surface area contributed by atoms with Crippen molar-refractivity contribution in [3.05, 3.63) is 178 Å². The highest BCUT2D eigenvalue weighted by Gasteiger charge is 2.39. The van der Waals surface area contributed by atoms with Crippen molar-refractivity contribution in [1.82, 2.24) is 4.90 Å². The first-order valence-corrected chi connectivity index (χ1v) is 15.0. The molecular weight excluding hydrogens is 610 g/mol. The number of esters is 2. The number of amides is 2. The maximum absolute atomic E-state index is 13.4. The molecule has 9 heteroatoms. The van der Waals surface area contributed by atoms with Crippen LogP contribution in [0.25, 0.3) is 0 Å². The lowest BCUT2D eigenvalue weighted by Gasteiger charge is -2.19. The van der Waals surface area contributed by atoms with E-state index < -0.39 is 54.1 Å². The van der Waals surface area contributed by atoms with Gasteiger partial charge in [0.25, 0.3) is 11.8 Å². The van der Waals surface area contributed by atoms with Crippen LogP contribution in [0.15, 0.2) is 140 Å². The highest BCUT2D eigenvalue weighted by molar-refractivity contribution is 6.23. The second kappa shape index (κ2) is 13.9. The molecule has 0 radical (unpaired) electrons. The van der Waals surface area contributed by atoms with Gasteiger partial charge in [-0.2, -0.15) is 0 Å². The summed E-state index contributed by atoms with van der Waals surface area (Å²) in [5, 5.41) is 0. The fraction of sp³-hybridized carbons (Fsp3) is 0.0769. The molecule has 1 aliphatic rings. The predicted octanol–water partition coefficient (Wildman–Crippen LogP) is 6.23. The van der Waals surface area contributed by atoms with Crippen LogP contribution in [0.5, 0.6) is 0 Å². The summed E-state index contributed by atoms with van der Waals surface area (Å²) >= 11 is 0. The summed E-state index contributed by atoms with van der Waals surface area (Å²) in [6.45, 7) is -0.765. The molecule has 48 heavy (non-hydrogen) atoms. The number of carbonyl (C=O) groups is 6. The van der Waals surface area contributed by atoms with Gasteiger partial charge in [-0.1, -0.05) is 121 Å². The maximum Gasteiger partial charge on any atom is 0.339 e. The van der Waals surface area contributed by atoms with Crippen LogP contribution in [0, 0.1) is 0 Å². The van der Waals surface area contributed by atoms with Crippen molar-refractivity contribution in [2.75, 3.05) is 6.54 Å². The molecule has 2 atom stereocenters. The first-order chi connectivity index (χ1) is 23.3. The summed E-state index contributed by atoms with van der Waals surface area (Å²) in [5.74, 6) is -4.37. The number of ether oxygens (including phenoxy) is 2. The average Bonchev–Trinajstić information content (AvgIpc) is 3.37. The van der Waals surface area contributed by atoms with E-state index in [1.807, 2.05) is 0 Å². The minimum atomic E-state index is -1.31. The molecular formula is C39H27NO8. The molecule has 0 bridgehead atoms. The Kier molecular flexibility index (Phi) is 9.11. The molecule has 236 valence electrons. The number of nitrogens with zero attached hydrogens (tertiary/aromatic N) is 1. The van der Waals surface area contributed by atoms with Crippen LogP contribution in [-0.4, -0.2) is 46.8 Å². The first-order valence-electron chi connectivity index (χ1n) is 15.0. The highest BCUT2D eigenvalue weighted by atomic mass is 16.6. The van der Waals surface area contributed by atoms with Crippen molar-refractivity contribution >= 4 is 35.3 Å². The fourth-order valence-electron chi connectivity index (χ4n) is 5.34. The zero-order valence-corrected chi connectivity index (χ0v) is 25.4. The van der Waals surface area contributed by atoms with Crippen molar-refractivity contribution in [1.29, 1.82) is 0 Å². The molecule has 0 unspecified atom stereocenters. The van der Waals surface area contributed by atoms with Gasteiger partial charge >= 0.3 is 11.9 Å². The van der Waals surface area contributed by atoms with E-state index in [0.717, 1.165) is 0 Å². The summed E-state index contributed by atoms with van der Waals surface area (Å²) < 4.78 is 11.3. The van der Waals surface area contributed by atoms with Gasteiger partial charge in [-0.25, -0.2) is 4.79 Å². The Bertz CT molecular complexity index is 2010. The number of hydrogen-bond acceptors (Lipinski definition) is 8. The molecule has 0 aromatic heterocycles. The third kappa shape index (κ3) is 6.56. The molecule has 0 saturated heterocycles. The molecule has 0 saturated carbocycles. The van der Waals surface area contributed by atoms with Crippen LogP contribution in [0.2, 0.25) is 0 Å². The third-order valence-electron chi connectivity index (χ3n) is 7.77. The molecule has 5 aromatic rings. The lowest BCUT2D eigenvalue weighted by atomic mass is 9.99. The summed E-state index contributed by atoms with van der Waals surface area (Å²) in [7, 11) is 0. The van der Waals surface area contributed by atoms with Crippen LogP contribution in [0.4, 0.5) is 0 Å². The predicted molar refractivity (Wildman–Crippen MR) is 173 cm³/mol. The van der Waals surface area contributed by atoms with E-state index in [0.29, 0.717) is 27.2 Å². The number of rotatable bonds is 11. The van der Waals surface area contributed by atoms with Gasteiger partial charge in [0.15, 0.2) is 12.2 Å². The maximum atomic E-state index is 13.4. The zero-order chi connectivity index (χ0) is 33.6. The zero-order valence-electron chi connectivity index (χ0n) is 25.4. The molecule has 9 nitrogen and oxygen atoms in total. The van der Waals surface area contributed by atoms with E-state index in [2.05, 4.69) is 0 Å². The second-order valence-electron chi connectivity index (χ2n) is 10.9. The van der Waals surface area contributed by atoms with Crippen LogP contribution in [0.3, 0.4) is 0 Å². The molecule has 0 N–H and O–H groups in total. The Morgan fingerprint density at radius 1 is 0.500 bits per heavy atom. The highest BCUT2D eigenvalue weighted by Crippen LogP contribution is 2.29. The molecule has 6 rings (SSSR count). The van der Waals surface area contributed by atoms with Crippen molar-refractivity contribution in [3.63, 3.8) is 0 Å². The van der Waals surface area contributed by atoms with E-state index in [1.54, 1.807) is 121 Å². The minimum absolute atomic E-state index is 0.0238. The van der Waals surface area contributed by atoms with Crippen LogP contribution >= 0.6 is 0 Å². The quantitative estimate of drug-likeness (QED) is 0.0949. The Morgan fingerprint density at radius 2 is 0.938 bits per heavy atom. The number of ketones is 2. The number of hydrogen-bond donors (Lipinski definition) is 0. The van der Waals surface area contributed by atoms with E-state index in [1.165, 1.54) is 18.2 Å². The van der Waals surface area contributed by atoms with Gasteiger partial charge in [0.2, 0.25) is 11.6 Å². The van der Waals surface area contributed by atoms with E-state index in [4.69, 9.17) is 9.47 Å². The summed E-state index contributed by atoms with van der Waals surface area (Å²) in [5.41, 5.74) is 1.33. The summed E-state index contributed by atoms with van der Waals surface area (Å²) in [6, 6.07) is 37.4. The van der Waals surface area contributed by atoms with E-state index >= 15 is 0 Å². The number of imide groups is 1. The van der Waals surface area contributed by atoms with Crippen LogP contribution < -0.4 is 0 Å².